The van der Waals surface area contributed by atoms with Gasteiger partial charge in [-0.2, -0.15) is 0 Å². The molecule has 0 aliphatic heterocycles. The van der Waals surface area contributed by atoms with Gasteiger partial charge in [-0.25, -0.2) is 0 Å². The molecule has 1 rings (SSSR count). The van der Waals surface area contributed by atoms with Crippen LogP contribution in [0.5, 0.6) is 0 Å². The normalized spacial score (nSPS) is 26.8. The summed E-state index contributed by atoms with van der Waals surface area (Å²) in [5.41, 5.74) is 0. The minimum absolute atomic E-state index is 0.109. The monoisotopic (exact) mass is 330 g/mol. The molecule has 1 aliphatic carbocycles. The van der Waals surface area contributed by atoms with E-state index in [1.54, 1.807) is 0 Å². The van der Waals surface area contributed by atoms with Crippen molar-refractivity contribution in [1.82, 2.24) is 0 Å². The van der Waals surface area contributed by atoms with Crippen molar-refractivity contribution in [2.75, 3.05) is 6.61 Å². The lowest BCUT2D eigenvalue weighted by Gasteiger charge is -2.39. The molecule has 0 bridgehead atoms. The second-order valence-corrected chi connectivity index (χ2v) is 5.51. The zero-order chi connectivity index (χ0) is 17.6. The first-order valence-corrected chi connectivity index (χ1v) is 7.34. The fourth-order valence-electron chi connectivity index (χ4n) is 2.63. The van der Waals surface area contributed by atoms with Crippen molar-refractivity contribution in [3.8, 4) is 0 Å². The molecule has 0 aromatic heterocycles. The lowest BCUT2D eigenvalue weighted by atomic mass is 9.83. The van der Waals surface area contributed by atoms with E-state index < -0.39 is 42.2 Å². The highest BCUT2D eigenvalue weighted by Gasteiger charge is 2.44. The summed E-state index contributed by atoms with van der Waals surface area (Å²) in [5.74, 6) is -2.26. The van der Waals surface area contributed by atoms with Crippen LogP contribution in [0.25, 0.3) is 0 Å². The van der Waals surface area contributed by atoms with Crippen molar-refractivity contribution in [2.45, 2.75) is 58.8 Å². The van der Waals surface area contributed by atoms with Crippen LogP contribution in [-0.2, 0) is 38.1 Å². The van der Waals surface area contributed by atoms with Gasteiger partial charge >= 0.3 is 23.9 Å². The molecule has 1 aliphatic rings. The largest absolute Gasteiger partial charge is 0.466 e. The lowest BCUT2D eigenvalue weighted by molar-refractivity contribution is -0.195. The highest BCUT2D eigenvalue weighted by atomic mass is 16.6. The Kier molecular flexibility index (Phi) is 6.99. The third-order valence-corrected chi connectivity index (χ3v) is 3.32. The van der Waals surface area contributed by atoms with Crippen LogP contribution in [-0.4, -0.2) is 48.8 Å². The summed E-state index contributed by atoms with van der Waals surface area (Å²) in [6.07, 6.45) is -1.75. The van der Waals surface area contributed by atoms with E-state index in [0.717, 1.165) is 0 Å². The van der Waals surface area contributed by atoms with Gasteiger partial charge in [0.05, 0.1) is 6.61 Å². The van der Waals surface area contributed by atoms with E-state index in [0.29, 0.717) is 12.8 Å². The van der Waals surface area contributed by atoms with Crippen LogP contribution in [0.3, 0.4) is 0 Å². The first-order valence-electron chi connectivity index (χ1n) is 7.34. The van der Waals surface area contributed by atoms with Crippen molar-refractivity contribution in [3.63, 3.8) is 0 Å². The van der Waals surface area contributed by atoms with E-state index in [9.17, 15) is 19.2 Å². The van der Waals surface area contributed by atoms with E-state index in [1.807, 2.05) is 0 Å². The molecular weight excluding hydrogens is 308 g/mol. The van der Waals surface area contributed by atoms with Gasteiger partial charge < -0.3 is 18.9 Å². The Morgan fingerprint density at radius 3 is 1.52 bits per heavy atom. The van der Waals surface area contributed by atoms with Gasteiger partial charge in [-0.05, 0) is 12.8 Å². The van der Waals surface area contributed by atoms with Crippen molar-refractivity contribution in [1.29, 1.82) is 0 Å². The predicted octanol–water partition coefficient (Wildman–Crippen LogP) is 0.755. The third-order valence-electron chi connectivity index (χ3n) is 3.32. The maximum atomic E-state index is 11.3. The molecule has 8 nitrogen and oxygen atoms in total. The lowest BCUT2D eigenvalue weighted by Crippen LogP contribution is -2.51. The number of esters is 4. The molecule has 0 saturated heterocycles. The van der Waals surface area contributed by atoms with Crippen LogP contribution in [0.15, 0.2) is 0 Å². The minimum atomic E-state index is -0.881. The summed E-state index contributed by atoms with van der Waals surface area (Å²) in [7, 11) is 0. The summed E-state index contributed by atoms with van der Waals surface area (Å²) >= 11 is 0. The zero-order valence-electron chi connectivity index (χ0n) is 13.7. The zero-order valence-corrected chi connectivity index (χ0v) is 13.7. The molecule has 4 atom stereocenters. The number of hydrogen-bond donors (Lipinski definition) is 0. The molecule has 1 fully saturated rings. The Morgan fingerprint density at radius 2 is 1.17 bits per heavy atom. The number of hydrogen-bond acceptors (Lipinski definition) is 8. The van der Waals surface area contributed by atoms with Gasteiger partial charge in [0.15, 0.2) is 6.10 Å². The Balaban J connectivity index is 2.92. The summed E-state index contributed by atoms with van der Waals surface area (Å²) in [6, 6.07) is 0. The van der Waals surface area contributed by atoms with Gasteiger partial charge in [0.1, 0.15) is 12.2 Å². The van der Waals surface area contributed by atoms with E-state index >= 15 is 0 Å². The molecule has 130 valence electrons. The van der Waals surface area contributed by atoms with Crippen LogP contribution in [0.4, 0.5) is 0 Å². The highest BCUT2D eigenvalue weighted by molar-refractivity contribution is 5.68. The topological polar surface area (TPSA) is 105 Å². The molecule has 0 N–H and O–H groups in total. The van der Waals surface area contributed by atoms with Crippen molar-refractivity contribution >= 4 is 23.9 Å². The number of ether oxygens (including phenoxy) is 4. The van der Waals surface area contributed by atoms with E-state index in [1.165, 1.54) is 27.7 Å². The van der Waals surface area contributed by atoms with Crippen LogP contribution in [0, 0.1) is 5.92 Å². The summed E-state index contributed by atoms with van der Waals surface area (Å²) < 4.78 is 20.6. The smallest absolute Gasteiger partial charge is 0.303 e. The second kappa shape index (κ2) is 8.50. The molecule has 0 spiro atoms. The molecule has 0 aromatic rings. The Morgan fingerprint density at radius 1 is 0.739 bits per heavy atom. The molecule has 8 heteroatoms. The van der Waals surface area contributed by atoms with Crippen molar-refractivity contribution < 1.29 is 38.1 Å². The van der Waals surface area contributed by atoms with Crippen LogP contribution in [0.1, 0.15) is 40.5 Å². The maximum Gasteiger partial charge on any atom is 0.303 e. The maximum absolute atomic E-state index is 11.3. The minimum Gasteiger partial charge on any atom is -0.466 e. The summed E-state index contributed by atoms with van der Waals surface area (Å²) in [5, 5.41) is 0. The van der Waals surface area contributed by atoms with E-state index in [-0.39, 0.29) is 12.5 Å². The van der Waals surface area contributed by atoms with Crippen molar-refractivity contribution in [2.24, 2.45) is 5.92 Å². The van der Waals surface area contributed by atoms with Crippen LogP contribution >= 0.6 is 0 Å². The summed E-state index contributed by atoms with van der Waals surface area (Å²) in [4.78, 5) is 44.8. The first kappa shape index (κ1) is 18.9. The summed E-state index contributed by atoms with van der Waals surface area (Å²) in [6.45, 7) is 5.10. The highest BCUT2D eigenvalue weighted by Crippen LogP contribution is 2.32. The second-order valence-electron chi connectivity index (χ2n) is 5.51. The number of carbonyl (C=O) groups is 4. The molecule has 0 radical (unpaired) electrons. The van der Waals surface area contributed by atoms with Gasteiger partial charge in [-0.1, -0.05) is 0 Å². The molecule has 0 heterocycles. The average Bonchev–Trinajstić information content (AvgIpc) is 2.38. The molecule has 0 aromatic carbocycles. The van der Waals surface area contributed by atoms with E-state index in [4.69, 9.17) is 18.9 Å². The standard InChI is InChI=1S/C15H22O8/c1-8(16)20-7-12-5-13(21-9(2)17)15(23-11(4)19)14(6-12)22-10(3)18/h12-15H,5-7H2,1-4H3/t12?,13-,14+,15?. The quantitative estimate of drug-likeness (QED) is 0.537. The molecule has 23 heavy (non-hydrogen) atoms. The van der Waals surface area contributed by atoms with Crippen LogP contribution in [0.2, 0.25) is 0 Å². The van der Waals surface area contributed by atoms with Crippen molar-refractivity contribution in [3.05, 3.63) is 0 Å². The van der Waals surface area contributed by atoms with Gasteiger partial charge in [0, 0.05) is 33.6 Å². The van der Waals surface area contributed by atoms with Crippen LogP contribution < -0.4 is 0 Å². The Hall–Kier alpha value is -2.12. The van der Waals surface area contributed by atoms with Gasteiger partial charge in [-0.15, -0.1) is 0 Å². The average molecular weight is 330 g/mol. The number of carbonyl (C=O) groups excluding carboxylic acids is 4. The fourth-order valence-corrected chi connectivity index (χ4v) is 2.63. The molecule has 1 saturated carbocycles. The van der Waals surface area contributed by atoms with Gasteiger partial charge in [-0.3, -0.25) is 19.2 Å². The predicted molar refractivity (Wildman–Crippen MR) is 76.0 cm³/mol. The number of rotatable bonds is 5. The molecule has 0 amide bonds. The van der Waals surface area contributed by atoms with Gasteiger partial charge in [0.25, 0.3) is 0 Å². The third kappa shape index (κ3) is 6.66. The Labute approximate surface area is 134 Å². The fraction of sp³-hybridized carbons (Fsp3) is 0.733. The molecular formula is C15H22O8. The van der Waals surface area contributed by atoms with Gasteiger partial charge in [0.2, 0.25) is 0 Å². The first-order chi connectivity index (χ1) is 10.7. The Bertz CT molecular complexity index is 446. The van der Waals surface area contributed by atoms with E-state index in [2.05, 4.69) is 0 Å². The molecule has 2 unspecified atom stereocenters. The SMILES string of the molecule is CC(=O)OCC1C[C@H](OC(C)=O)C(OC(C)=O)[C@H](OC(C)=O)C1.